The van der Waals surface area contributed by atoms with Crippen LogP contribution in [0.5, 0.6) is 0 Å². The molecule has 6 heteroatoms. The summed E-state index contributed by atoms with van der Waals surface area (Å²) in [7, 11) is 0. The number of fused-ring (bicyclic) bond motifs is 1. The fourth-order valence-corrected chi connectivity index (χ4v) is 3.94. The zero-order chi connectivity index (χ0) is 15.0. The number of nitrogens with one attached hydrogen (secondary N) is 2. The minimum atomic E-state index is -0.0650. The van der Waals surface area contributed by atoms with Gasteiger partial charge in [0.1, 0.15) is 0 Å². The summed E-state index contributed by atoms with van der Waals surface area (Å²) in [6, 6.07) is 5.63. The largest absolute Gasteiger partial charge is 0.322 e. The maximum atomic E-state index is 12.3. The standard InChI is InChI=1S/C15H19Cl2N3O/c1-9-11-6-18-5-10(11)7-20(9)8-14(21)19-15-12(16)3-2-4-13(15)17/h2-4,9-11,18H,5-8H2,1H3,(H,19,21). The van der Waals surface area contributed by atoms with Crippen LogP contribution in [0.15, 0.2) is 18.2 Å². The van der Waals surface area contributed by atoms with Crippen molar-refractivity contribution < 1.29 is 4.79 Å². The second-order valence-electron chi connectivity index (χ2n) is 5.90. The highest BCUT2D eigenvalue weighted by atomic mass is 35.5. The van der Waals surface area contributed by atoms with Crippen molar-refractivity contribution in [2.45, 2.75) is 13.0 Å². The summed E-state index contributed by atoms with van der Waals surface area (Å²) in [5, 5.41) is 7.18. The minimum Gasteiger partial charge on any atom is -0.322 e. The molecule has 0 aromatic heterocycles. The average Bonchev–Trinajstić information content (AvgIpc) is 2.99. The molecule has 2 aliphatic heterocycles. The van der Waals surface area contributed by atoms with E-state index in [0.29, 0.717) is 40.2 Å². The number of anilines is 1. The molecule has 1 aromatic carbocycles. The lowest BCUT2D eigenvalue weighted by molar-refractivity contribution is -0.117. The normalized spacial score (nSPS) is 28.6. The van der Waals surface area contributed by atoms with Gasteiger partial charge in [0.05, 0.1) is 22.3 Å². The van der Waals surface area contributed by atoms with E-state index in [2.05, 4.69) is 22.5 Å². The lowest BCUT2D eigenvalue weighted by Gasteiger charge is -2.23. The molecule has 0 saturated carbocycles. The smallest absolute Gasteiger partial charge is 0.238 e. The van der Waals surface area contributed by atoms with E-state index in [1.807, 2.05) is 0 Å². The molecule has 2 fully saturated rings. The predicted octanol–water partition coefficient (Wildman–Crippen LogP) is 2.47. The molecule has 3 unspecified atom stereocenters. The second kappa shape index (κ2) is 6.13. The number of hydrogen-bond donors (Lipinski definition) is 2. The van der Waals surface area contributed by atoms with Crippen LogP contribution in [0.1, 0.15) is 6.92 Å². The molecule has 0 radical (unpaired) electrons. The topological polar surface area (TPSA) is 44.4 Å². The average molecular weight is 328 g/mol. The first-order valence-electron chi connectivity index (χ1n) is 7.25. The third-order valence-electron chi connectivity index (χ3n) is 4.63. The first-order chi connectivity index (χ1) is 10.1. The zero-order valence-corrected chi connectivity index (χ0v) is 13.4. The number of para-hydroxylation sites is 1. The van der Waals surface area contributed by atoms with E-state index in [0.717, 1.165) is 19.6 Å². The molecule has 2 heterocycles. The minimum absolute atomic E-state index is 0.0650. The molecular weight excluding hydrogens is 309 g/mol. The lowest BCUT2D eigenvalue weighted by Crippen LogP contribution is -2.38. The van der Waals surface area contributed by atoms with Crippen molar-refractivity contribution >= 4 is 34.8 Å². The summed E-state index contributed by atoms with van der Waals surface area (Å²) in [4.78, 5) is 14.5. The molecule has 0 aliphatic carbocycles. The Labute approximate surface area is 134 Å². The maximum Gasteiger partial charge on any atom is 0.238 e. The molecule has 2 aliphatic rings. The Bertz CT molecular complexity index is 531. The summed E-state index contributed by atoms with van der Waals surface area (Å²) in [6.07, 6.45) is 0. The molecule has 2 saturated heterocycles. The van der Waals surface area contributed by atoms with Crippen LogP contribution < -0.4 is 10.6 Å². The lowest BCUT2D eigenvalue weighted by atomic mass is 9.95. The van der Waals surface area contributed by atoms with Crippen LogP contribution in [-0.2, 0) is 4.79 Å². The van der Waals surface area contributed by atoms with E-state index in [1.165, 1.54) is 0 Å². The van der Waals surface area contributed by atoms with Crippen LogP contribution >= 0.6 is 23.2 Å². The second-order valence-corrected chi connectivity index (χ2v) is 6.71. The third-order valence-corrected chi connectivity index (χ3v) is 5.26. The van der Waals surface area contributed by atoms with Crippen molar-refractivity contribution in [1.82, 2.24) is 10.2 Å². The van der Waals surface area contributed by atoms with Crippen molar-refractivity contribution in [3.05, 3.63) is 28.2 Å². The number of carbonyl (C=O) groups excluding carboxylic acids is 1. The quantitative estimate of drug-likeness (QED) is 0.896. The molecule has 4 nitrogen and oxygen atoms in total. The molecule has 1 amide bonds. The Morgan fingerprint density at radius 3 is 2.76 bits per heavy atom. The molecule has 114 valence electrons. The van der Waals surface area contributed by atoms with Gasteiger partial charge in [-0.2, -0.15) is 0 Å². The van der Waals surface area contributed by atoms with Crippen molar-refractivity contribution in [2.24, 2.45) is 11.8 Å². The Kier molecular flexibility index (Phi) is 4.41. The summed E-state index contributed by atoms with van der Waals surface area (Å²) in [5.74, 6) is 1.25. The Balaban J connectivity index is 1.62. The highest BCUT2D eigenvalue weighted by molar-refractivity contribution is 6.39. The summed E-state index contributed by atoms with van der Waals surface area (Å²) in [6.45, 7) is 5.68. The molecule has 0 spiro atoms. The number of hydrogen-bond acceptors (Lipinski definition) is 3. The van der Waals surface area contributed by atoms with Crippen LogP contribution in [0.4, 0.5) is 5.69 Å². The number of nitrogens with zero attached hydrogens (tertiary/aromatic N) is 1. The summed E-state index contributed by atoms with van der Waals surface area (Å²) in [5.41, 5.74) is 0.500. The van der Waals surface area contributed by atoms with Crippen molar-refractivity contribution in [1.29, 1.82) is 0 Å². The number of carbonyl (C=O) groups is 1. The predicted molar refractivity (Wildman–Crippen MR) is 86.0 cm³/mol. The molecule has 2 N–H and O–H groups in total. The monoisotopic (exact) mass is 327 g/mol. The van der Waals surface area contributed by atoms with Gasteiger partial charge in [0.2, 0.25) is 5.91 Å². The van der Waals surface area contributed by atoms with Gasteiger partial charge in [0, 0.05) is 12.6 Å². The van der Waals surface area contributed by atoms with Crippen molar-refractivity contribution in [3.63, 3.8) is 0 Å². The van der Waals surface area contributed by atoms with Crippen molar-refractivity contribution in [2.75, 3.05) is 31.5 Å². The van der Waals surface area contributed by atoms with E-state index in [-0.39, 0.29) is 5.91 Å². The van der Waals surface area contributed by atoms with Gasteiger partial charge in [-0.25, -0.2) is 0 Å². The van der Waals surface area contributed by atoms with Crippen LogP contribution in [-0.4, -0.2) is 43.0 Å². The fourth-order valence-electron chi connectivity index (χ4n) is 3.45. The van der Waals surface area contributed by atoms with Gasteiger partial charge in [-0.3, -0.25) is 9.69 Å². The van der Waals surface area contributed by atoms with Gasteiger partial charge in [-0.1, -0.05) is 29.3 Å². The highest BCUT2D eigenvalue weighted by Gasteiger charge is 2.42. The Morgan fingerprint density at radius 2 is 2.10 bits per heavy atom. The molecule has 21 heavy (non-hydrogen) atoms. The van der Waals surface area contributed by atoms with Crippen LogP contribution in [0, 0.1) is 11.8 Å². The molecule has 3 atom stereocenters. The third kappa shape index (κ3) is 3.04. The first kappa shape index (κ1) is 15.1. The van der Waals surface area contributed by atoms with Gasteiger partial charge < -0.3 is 10.6 Å². The first-order valence-corrected chi connectivity index (χ1v) is 8.00. The highest BCUT2D eigenvalue weighted by Crippen LogP contribution is 2.33. The van der Waals surface area contributed by atoms with E-state index >= 15 is 0 Å². The van der Waals surface area contributed by atoms with Crippen LogP contribution in [0.3, 0.4) is 0 Å². The number of benzene rings is 1. The fraction of sp³-hybridized carbons (Fsp3) is 0.533. The SMILES string of the molecule is CC1C2CNCC2CN1CC(=O)Nc1c(Cl)cccc1Cl. The van der Waals surface area contributed by atoms with E-state index in [9.17, 15) is 4.79 Å². The van der Waals surface area contributed by atoms with E-state index in [4.69, 9.17) is 23.2 Å². The number of likely N-dealkylation sites (tertiary alicyclic amines) is 1. The van der Waals surface area contributed by atoms with Crippen molar-refractivity contribution in [3.8, 4) is 0 Å². The number of rotatable bonds is 3. The van der Waals surface area contributed by atoms with E-state index in [1.54, 1.807) is 18.2 Å². The van der Waals surface area contributed by atoms with Gasteiger partial charge in [-0.15, -0.1) is 0 Å². The van der Waals surface area contributed by atoms with E-state index < -0.39 is 0 Å². The summed E-state index contributed by atoms with van der Waals surface area (Å²) < 4.78 is 0. The van der Waals surface area contributed by atoms with Gasteiger partial charge in [0.25, 0.3) is 0 Å². The van der Waals surface area contributed by atoms with Gasteiger partial charge in [0.15, 0.2) is 0 Å². The zero-order valence-electron chi connectivity index (χ0n) is 11.9. The molecule has 3 rings (SSSR count). The molecular formula is C15H19Cl2N3O. The summed E-state index contributed by atoms with van der Waals surface area (Å²) >= 11 is 12.2. The molecule has 0 bridgehead atoms. The maximum absolute atomic E-state index is 12.3. The Morgan fingerprint density at radius 1 is 1.38 bits per heavy atom. The molecule has 1 aromatic rings. The number of amides is 1. The van der Waals surface area contributed by atoms with Crippen LogP contribution in [0.2, 0.25) is 10.0 Å². The number of halogens is 2. The van der Waals surface area contributed by atoms with Gasteiger partial charge >= 0.3 is 0 Å². The van der Waals surface area contributed by atoms with Gasteiger partial charge in [-0.05, 0) is 44.0 Å². The van der Waals surface area contributed by atoms with Crippen LogP contribution in [0.25, 0.3) is 0 Å². The Hall–Kier alpha value is -0.810.